The Morgan fingerprint density at radius 3 is 2.50 bits per heavy atom. The average molecular weight is 459 g/mol. The number of nitrogens with one attached hydrogen (secondary N) is 1. The van der Waals surface area contributed by atoms with E-state index >= 15 is 0 Å². The minimum Gasteiger partial charge on any atom is -0.271 e. The van der Waals surface area contributed by atoms with E-state index in [1.165, 1.54) is 6.21 Å². The summed E-state index contributed by atoms with van der Waals surface area (Å²) in [6.07, 6.45) is 2.52. The van der Waals surface area contributed by atoms with Crippen molar-refractivity contribution in [3.63, 3.8) is 0 Å². The first-order chi connectivity index (χ1) is 12.2. The van der Waals surface area contributed by atoms with Gasteiger partial charge in [0.2, 0.25) is 10.0 Å². The molecule has 2 rings (SSSR count). The van der Waals surface area contributed by atoms with Gasteiger partial charge in [-0.05, 0) is 48.4 Å². The number of carbonyl (C=O) groups is 1. The Morgan fingerprint density at radius 2 is 1.92 bits per heavy atom. The molecule has 0 saturated heterocycles. The Bertz CT molecular complexity index is 931. The molecule has 0 unspecified atom stereocenters. The van der Waals surface area contributed by atoms with Gasteiger partial charge in [-0.1, -0.05) is 39.7 Å². The van der Waals surface area contributed by atoms with Crippen LogP contribution >= 0.6 is 27.5 Å². The number of anilines is 1. The Hall–Kier alpha value is -1.90. The van der Waals surface area contributed by atoms with Gasteiger partial charge in [-0.15, -0.1) is 0 Å². The van der Waals surface area contributed by atoms with E-state index < -0.39 is 15.9 Å². The van der Waals surface area contributed by atoms with Crippen molar-refractivity contribution < 1.29 is 13.2 Å². The third-order valence-corrected chi connectivity index (χ3v) is 5.28. The maximum Gasteiger partial charge on any atom is 0.260 e. The van der Waals surface area contributed by atoms with Gasteiger partial charge in [0.1, 0.15) is 6.54 Å². The van der Waals surface area contributed by atoms with Gasteiger partial charge in [-0.25, -0.2) is 13.8 Å². The van der Waals surface area contributed by atoms with E-state index in [9.17, 15) is 13.2 Å². The normalized spacial score (nSPS) is 11.5. The fourth-order valence-corrected chi connectivity index (χ4v) is 3.58. The number of amides is 1. The van der Waals surface area contributed by atoms with Crippen LogP contribution in [0.25, 0.3) is 0 Å². The van der Waals surface area contributed by atoms with Gasteiger partial charge in [-0.2, -0.15) is 5.10 Å². The molecule has 0 bridgehead atoms. The SMILES string of the molecule is Cc1cc(Cl)ccc1N(CC(=O)N/N=C\c1ccc(Br)cc1)S(C)(=O)=O. The number of hydrazone groups is 1. The van der Waals surface area contributed by atoms with Crippen LogP contribution < -0.4 is 9.73 Å². The van der Waals surface area contributed by atoms with Crippen molar-refractivity contribution in [1.82, 2.24) is 5.43 Å². The van der Waals surface area contributed by atoms with E-state index in [4.69, 9.17) is 11.6 Å². The molecular formula is C17H17BrClN3O3S. The van der Waals surface area contributed by atoms with Crippen LogP contribution in [0.1, 0.15) is 11.1 Å². The number of aryl methyl sites for hydroxylation is 1. The van der Waals surface area contributed by atoms with Gasteiger partial charge >= 0.3 is 0 Å². The van der Waals surface area contributed by atoms with Crippen molar-refractivity contribution in [2.24, 2.45) is 5.10 Å². The van der Waals surface area contributed by atoms with Crippen molar-refractivity contribution in [3.05, 3.63) is 63.1 Å². The molecule has 2 aromatic rings. The van der Waals surface area contributed by atoms with Crippen molar-refractivity contribution >= 4 is 55.4 Å². The van der Waals surface area contributed by atoms with Crippen LogP contribution in [0.2, 0.25) is 5.02 Å². The summed E-state index contributed by atoms with van der Waals surface area (Å²) in [6, 6.07) is 12.1. The summed E-state index contributed by atoms with van der Waals surface area (Å²) in [5.41, 5.74) is 4.17. The Kier molecular flexibility index (Phi) is 6.80. The number of rotatable bonds is 6. The van der Waals surface area contributed by atoms with Crippen molar-refractivity contribution in [1.29, 1.82) is 0 Å². The molecule has 26 heavy (non-hydrogen) atoms. The third-order valence-electron chi connectivity index (χ3n) is 3.39. The monoisotopic (exact) mass is 457 g/mol. The molecule has 0 saturated carbocycles. The number of halogens is 2. The lowest BCUT2D eigenvalue weighted by molar-refractivity contribution is -0.119. The molecule has 1 N–H and O–H groups in total. The summed E-state index contributed by atoms with van der Waals surface area (Å²) in [6.45, 7) is 1.34. The topological polar surface area (TPSA) is 78.8 Å². The molecule has 1 amide bonds. The van der Waals surface area contributed by atoms with Crippen molar-refractivity contribution in [2.45, 2.75) is 6.92 Å². The zero-order valence-electron chi connectivity index (χ0n) is 14.1. The molecule has 0 aliphatic carbocycles. The van der Waals surface area contributed by atoms with Gasteiger partial charge in [0.05, 0.1) is 18.2 Å². The molecule has 0 aliphatic heterocycles. The van der Waals surface area contributed by atoms with Gasteiger partial charge in [0.25, 0.3) is 5.91 Å². The van der Waals surface area contributed by atoms with Crippen LogP contribution in [0.3, 0.4) is 0 Å². The predicted octanol–water partition coefficient (Wildman–Crippen LogP) is 3.33. The first-order valence-corrected chi connectivity index (χ1v) is 10.5. The number of sulfonamides is 1. The molecule has 0 aromatic heterocycles. The molecule has 6 nitrogen and oxygen atoms in total. The summed E-state index contributed by atoms with van der Waals surface area (Å²) in [7, 11) is -3.66. The molecule has 0 heterocycles. The van der Waals surface area contributed by atoms with E-state index in [0.717, 1.165) is 20.6 Å². The lowest BCUT2D eigenvalue weighted by Gasteiger charge is -2.23. The first kappa shape index (κ1) is 20.4. The van der Waals surface area contributed by atoms with E-state index in [1.54, 1.807) is 25.1 Å². The zero-order valence-corrected chi connectivity index (χ0v) is 17.3. The Morgan fingerprint density at radius 1 is 1.27 bits per heavy atom. The molecule has 2 aromatic carbocycles. The van der Waals surface area contributed by atoms with Gasteiger partial charge < -0.3 is 0 Å². The maximum absolute atomic E-state index is 12.1. The second-order valence-corrected chi connectivity index (χ2v) is 8.80. The quantitative estimate of drug-likeness (QED) is 0.533. The van der Waals surface area contributed by atoms with Crippen LogP contribution in [0.15, 0.2) is 52.0 Å². The van der Waals surface area contributed by atoms with E-state index in [-0.39, 0.29) is 6.54 Å². The summed E-state index contributed by atoms with van der Waals surface area (Å²) < 4.78 is 26.2. The maximum atomic E-state index is 12.1. The standard InChI is InChI=1S/C17H17BrClN3O3S/c1-12-9-15(19)7-8-16(12)22(26(2,24)25)11-17(23)21-20-10-13-3-5-14(18)6-4-13/h3-10H,11H2,1-2H3,(H,21,23)/b20-10-. The lowest BCUT2D eigenvalue weighted by Crippen LogP contribution is -2.39. The molecular weight excluding hydrogens is 442 g/mol. The summed E-state index contributed by atoms with van der Waals surface area (Å²) in [5.74, 6) is -0.557. The summed E-state index contributed by atoms with van der Waals surface area (Å²) in [4.78, 5) is 12.1. The number of benzene rings is 2. The van der Waals surface area contributed by atoms with E-state index in [2.05, 4.69) is 26.5 Å². The molecule has 0 fully saturated rings. The molecule has 9 heteroatoms. The van der Waals surface area contributed by atoms with Crippen molar-refractivity contribution in [3.8, 4) is 0 Å². The molecule has 138 valence electrons. The fourth-order valence-electron chi connectivity index (χ4n) is 2.17. The zero-order chi connectivity index (χ0) is 19.3. The molecule has 0 aliphatic rings. The largest absolute Gasteiger partial charge is 0.271 e. The van der Waals surface area contributed by atoms with Crippen molar-refractivity contribution in [2.75, 3.05) is 17.1 Å². The highest BCUT2D eigenvalue weighted by atomic mass is 79.9. The molecule has 0 atom stereocenters. The second kappa shape index (κ2) is 8.66. The van der Waals surface area contributed by atoms with E-state index in [0.29, 0.717) is 16.3 Å². The number of hydrogen-bond acceptors (Lipinski definition) is 4. The minimum absolute atomic E-state index is 0.390. The average Bonchev–Trinajstić information content (AvgIpc) is 2.54. The van der Waals surface area contributed by atoms with Crippen LogP contribution in [-0.4, -0.2) is 33.3 Å². The summed E-state index contributed by atoms with van der Waals surface area (Å²) in [5, 5.41) is 4.34. The molecule has 0 radical (unpaired) electrons. The highest BCUT2D eigenvalue weighted by Gasteiger charge is 2.22. The van der Waals surface area contributed by atoms with Gasteiger partial charge in [0, 0.05) is 9.50 Å². The number of hydrogen-bond donors (Lipinski definition) is 1. The predicted molar refractivity (Wildman–Crippen MR) is 108 cm³/mol. The Labute approximate surface area is 166 Å². The lowest BCUT2D eigenvalue weighted by atomic mass is 10.2. The number of nitrogens with zero attached hydrogens (tertiary/aromatic N) is 2. The number of carbonyl (C=O) groups excluding carboxylic acids is 1. The smallest absolute Gasteiger partial charge is 0.260 e. The van der Waals surface area contributed by atoms with Crippen LogP contribution in [0, 0.1) is 6.92 Å². The van der Waals surface area contributed by atoms with Crippen LogP contribution in [0.4, 0.5) is 5.69 Å². The third kappa shape index (κ3) is 5.82. The van der Waals surface area contributed by atoms with Crippen LogP contribution in [-0.2, 0) is 14.8 Å². The summed E-state index contributed by atoms with van der Waals surface area (Å²) >= 11 is 9.24. The Balaban J connectivity index is 2.11. The fraction of sp³-hybridized carbons (Fsp3) is 0.176. The second-order valence-electron chi connectivity index (χ2n) is 5.55. The van der Waals surface area contributed by atoms with Gasteiger partial charge in [-0.3, -0.25) is 9.10 Å². The first-order valence-electron chi connectivity index (χ1n) is 7.48. The highest BCUT2D eigenvalue weighted by molar-refractivity contribution is 9.10. The van der Waals surface area contributed by atoms with Gasteiger partial charge in [0.15, 0.2) is 0 Å². The minimum atomic E-state index is -3.66. The highest BCUT2D eigenvalue weighted by Crippen LogP contribution is 2.25. The van der Waals surface area contributed by atoms with Crippen LogP contribution in [0.5, 0.6) is 0 Å². The molecule has 0 spiro atoms. The van der Waals surface area contributed by atoms with E-state index in [1.807, 2.05) is 24.3 Å².